The van der Waals surface area contributed by atoms with Gasteiger partial charge in [-0.2, -0.15) is 0 Å². The number of aliphatic hydroxyl groups excluding tert-OH is 1. The van der Waals surface area contributed by atoms with Crippen molar-refractivity contribution in [2.24, 2.45) is 5.92 Å². The predicted octanol–water partition coefficient (Wildman–Crippen LogP) is 4.27. The number of rotatable bonds is 7. The quantitative estimate of drug-likeness (QED) is 0.788. The van der Waals surface area contributed by atoms with Crippen LogP contribution in [0.4, 0.5) is 0 Å². The second kappa shape index (κ2) is 8.28. The summed E-state index contributed by atoms with van der Waals surface area (Å²) in [4.78, 5) is 1.35. The summed E-state index contributed by atoms with van der Waals surface area (Å²) in [7, 11) is 0. The topological polar surface area (TPSA) is 32.3 Å². The van der Waals surface area contributed by atoms with Gasteiger partial charge in [0, 0.05) is 22.6 Å². The van der Waals surface area contributed by atoms with Gasteiger partial charge in [-0.1, -0.05) is 24.9 Å². The molecule has 1 aromatic rings. The van der Waals surface area contributed by atoms with E-state index in [1.165, 1.54) is 23.3 Å². The van der Waals surface area contributed by atoms with Crippen LogP contribution < -0.4 is 5.32 Å². The highest BCUT2D eigenvalue weighted by atomic mass is 35.5. The van der Waals surface area contributed by atoms with E-state index in [4.69, 9.17) is 16.7 Å². The molecule has 0 aromatic heterocycles. The summed E-state index contributed by atoms with van der Waals surface area (Å²) < 4.78 is 0. The molecule has 0 radical (unpaired) electrons. The lowest BCUT2D eigenvalue weighted by atomic mass is 9.98. The van der Waals surface area contributed by atoms with Gasteiger partial charge in [0.15, 0.2) is 0 Å². The third-order valence-corrected chi connectivity index (χ3v) is 5.26. The van der Waals surface area contributed by atoms with Crippen LogP contribution in [0.1, 0.15) is 44.2 Å². The highest BCUT2D eigenvalue weighted by molar-refractivity contribution is 7.99. The minimum Gasteiger partial charge on any atom is -0.396 e. The number of hydrogen-bond donors (Lipinski definition) is 2. The van der Waals surface area contributed by atoms with Crippen molar-refractivity contribution >= 4 is 23.4 Å². The van der Waals surface area contributed by atoms with Crippen molar-refractivity contribution in [3.05, 3.63) is 28.8 Å². The predicted molar refractivity (Wildman–Crippen MR) is 87.6 cm³/mol. The van der Waals surface area contributed by atoms with E-state index >= 15 is 0 Å². The van der Waals surface area contributed by atoms with Gasteiger partial charge in [-0.25, -0.2) is 0 Å². The van der Waals surface area contributed by atoms with Gasteiger partial charge in [-0.3, -0.25) is 0 Å². The second-order valence-corrected chi connectivity index (χ2v) is 7.02. The zero-order valence-electron chi connectivity index (χ0n) is 12.1. The fraction of sp³-hybridized carbons (Fsp3) is 0.625. The number of aliphatic hydroxyl groups is 1. The van der Waals surface area contributed by atoms with E-state index in [9.17, 15) is 0 Å². The molecule has 20 heavy (non-hydrogen) atoms. The van der Waals surface area contributed by atoms with E-state index in [2.05, 4.69) is 24.4 Å². The fourth-order valence-corrected chi connectivity index (χ4v) is 4.11. The minimum atomic E-state index is 0.287. The Morgan fingerprint density at radius 1 is 1.45 bits per heavy atom. The Labute approximate surface area is 131 Å². The second-order valence-electron chi connectivity index (χ2n) is 5.45. The first-order chi connectivity index (χ1) is 9.74. The van der Waals surface area contributed by atoms with Crippen LogP contribution in [0.15, 0.2) is 23.1 Å². The smallest absolute Gasteiger partial charge is 0.0434 e. The summed E-state index contributed by atoms with van der Waals surface area (Å²) in [5.41, 5.74) is 1.34. The normalized spacial score (nSPS) is 19.6. The average Bonchev–Trinajstić information content (AvgIpc) is 2.45. The Morgan fingerprint density at radius 2 is 2.30 bits per heavy atom. The molecule has 2 atom stereocenters. The molecule has 1 aliphatic rings. The Bertz CT molecular complexity index is 421. The summed E-state index contributed by atoms with van der Waals surface area (Å²) in [6.45, 7) is 3.47. The van der Waals surface area contributed by atoms with Crippen LogP contribution in [0.25, 0.3) is 0 Å². The largest absolute Gasteiger partial charge is 0.396 e. The van der Waals surface area contributed by atoms with E-state index in [-0.39, 0.29) is 6.61 Å². The van der Waals surface area contributed by atoms with Crippen LogP contribution >= 0.6 is 23.4 Å². The van der Waals surface area contributed by atoms with Crippen molar-refractivity contribution < 1.29 is 5.11 Å². The number of benzene rings is 1. The van der Waals surface area contributed by atoms with Gasteiger partial charge in [0.25, 0.3) is 0 Å². The summed E-state index contributed by atoms with van der Waals surface area (Å²) in [6, 6.07) is 6.61. The van der Waals surface area contributed by atoms with Crippen molar-refractivity contribution in [1.82, 2.24) is 5.32 Å². The molecular formula is C16H24ClNOS. The lowest BCUT2D eigenvalue weighted by Gasteiger charge is -2.28. The molecule has 0 saturated carbocycles. The lowest BCUT2D eigenvalue weighted by Crippen LogP contribution is -2.30. The third kappa shape index (κ3) is 4.39. The fourth-order valence-electron chi connectivity index (χ4n) is 2.83. The molecule has 0 amide bonds. The van der Waals surface area contributed by atoms with E-state index in [1.807, 2.05) is 17.8 Å². The Hall–Kier alpha value is -0.220. The van der Waals surface area contributed by atoms with E-state index in [0.29, 0.717) is 12.0 Å². The van der Waals surface area contributed by atoms with Crippen LogP contribution in [0.2, 0.25) is 5.02 Å². The van der Waals surface area contributed by atoms with Gasteiger partial charge in [0.2, 0.25) is 0 Å². The number of nitrogens with one attached hydrogen (secondary N) is 1. The molecule has 0 spiro atoms. The van der Waals surface area contributed by atoms with Crippen molar-refractivity contribution in [2.45, 2.75) is 43.5 Å². The van der Waals surface area contributed by atoms with Crippen molar-refractivity contribution in [3.63, 3.8) is 0 Å². The first-order valence-corrected chi connectivity index (χ1v) is 8.87. The van der Waals surface area contributed by atoms with Crippen LogP contribution in [0, 0.1) is 5.92 Å². The third-order valence-electron chi connectivity index (χ3n) is 3.90. The molecule has 0 saturated heterocycles. The van der Waals surface area contributed by atoms with Gasteiger partial charge in [-0.05, 0) is 61.2 Å². The van der Waals surface area contributed by atoms with Crippen LogP contribution in [0.5, 0.6) is 0 Å². The molecule has 0 fully saturated rings. The molecule has 0 aliphatic carbocycles. The SMILES string of the molecule is CCCC(CCO)CNC1CCSc2ccc(Cl)cc21. The summed E-state index contributed by atoms with van der Waals surface area (Å²) in [5, 5.41) is 13.7. The van der Waals surface area contributed by atoms with E-state index in [0.717, 1.165) is 30.2 Å². The first kappa shape index (κ1) is 16.2. The van der Waals surface area contributed by atoms with Crippen molar-refractivity contribution in [2.75, 3.05) is 18.9 Å². The molecule has 1 heterocycles. The highest BCUT2D eigenvalue weighted by Crippen LogP contribution is 2.37. The molecule has 1 aliphatic heterocycles. The zero-order chi connectivity index (χ0) is 14.4. The van der Waals surface area contributed by atoms with Crippen molar-refractivity contribution in [1.29, 1.82) is 0 Å². The van der Waals surface area contributed by atoms with Crippen molar-refractivity contribution in [3.8, 4) is 0 Å². The molecular weight excluding hydrogens is 290 g/mol. The Balaban J connectivity index is 1.98. The monoisotopic (exact) mass is 313 g/mol. The molecule has 4 heteroatoms. The summed E-state index contributed by atoms with van der Waals surface area (Å²) in [5.74, 6) is 1.73. The molecule has 2 nitrogen and oxygen atoms in total. The summed E-state index contributed by atoms with van der Waals surface area (Å²) in [6.07, 6.45) is 4.40. The Morgan fingerprint density at radius 3 is 3.05 bits per heavy atom. The maximum absolute atomic E-state index is 9.15. The maximum atomic E-state index is 9.15. The standard InChI is InChI=1S/C16H24ClNOS/c1-2-3-12(6-8-19)11-18-15-7-9-20-16-5-4-13(17)10-14(15)16/h4-5,10,12,15,18-19H,2-3,6-9,11H2,1H3. The molecule has 112 valence electrons. The van der Waals surface area contributed by atoms with Gasteiger partial charge < -0.3 is 10.4 Å². The van der Waals surface area contributed by atoms with Gasteiger partial charge in [-0.15, -0.1) is 11.8 Å². The molecule has 1 aromatic carbocycles. The zero-order valence-corrected chi connectivity index (χ0v) is 13.6. The number of thioether (sulfide) groups is 1. The maximum Gasteiger partial charge on any atom is 0.0434 e. The molecule has 0 bridgehead atoms. The lowest BCUT2D eigenvalue weighted by molar-refractivity contribution is 0.244. The van der Waals surface area contributed by atoms with Gasteiger partial charge in [0.1, 0.15) is 0 Å². The average molecular weight is 314 g/mol. The van der Waals surface area contributed by atoms with Crippen LogP contribution in [0.3, 0.4) is 0 Å². The number of halogens is 1. The number of fused-ring (bicyclic) bond motifs is 1. The molecule has 2 rings (SSSR count). The Kier molecular flexibility index (Phi) is 6.69. The number of hydrogen-bond acceptors (Lipinski definition) is 3. The van der Waals surface area contributed by atoms with Gasteiger partial charge in [0.05, 0.1) is 0 Å². The molecule has 2 N–H and O–H groups in total. The van der Waals surface area contributed by atoms with E-state index < -0.39 is 0 Å². The summed E-state index contributed by atoms with van der Waals surface area (Å²) >= 11 is 8.05. The van der Waals surface area contributed by atoms with E-state index in [1.54, 1.807) is 0 Å². The molecule has 2 unspecified atom stereocenters. The van der Waals surface area contributed by atoms with Crippen LogP contribution in [-0.2, 0) is 0 Å². The van der Waals surface area contributed by atoms with Gasteiger partial charge >= 0.3 is 0 Å². The first-order valence-electron chi connectivity index (χ1n) is 7.51. The minimum absolute atomic E-state index is 0.287. The van der Waals surface area contributed by atoms with Crippen LogP contribution in [-0.4, -0.2) is 24.0 Å². The highest BCUT2D eigenvalue weighted by Gasteiger charge is 2.21.